The van der Waals surface area contributed by atoms with Gasteiger partial charge in [0.1, 0.15) is 0 Å². The third kappa shape index (κ3) is 3.22. The molecule has 0 saturated carbocycles. The van der Waals surface area contributed by atoms with Crippen LogP contribution in [0.15, 0.2) is 35.7 Å². The number of benzene rings is 1. The van der Waals surface area contributed by atoms with Gasteiger partial charge in [0.15, 0.2) is 0 Å². The normalized spacial score (nSPS) is 13.4. The van der Waals surface area contributed by atoms with Crippen LogP contribution >= 0.6 is 11.3 Å². The maximum atomic E-state index is 12.8. The Hall–Kier alpha value is -1.33. The number of rotatable bonds is 4. The van der Waals surface area contributed by atoms with Crippen LogP contribution < -0.4 is 5.32 Å². The van der Waals surface area contributed by atoms with Crippen molar-refractivity contribution < 1.29 is 13.2 Å². The van der Waals surface area contributed by atoms with Crippen molar-refractivity contribution >= 4 is 11.3 Å². The summed E-state index contributed by atoms with van der Waals surface area (Å²) in [7, 11) is 0. The Labute approximate surface area is 120 Å². The van der Waals surface area contributed by atoms with E-state index in [9.17, 15) is 13.2 Å². The summed E-state index contributed by atoms with van der Waals surface area (Å²) in [5.41, 5.74) is 1.14. The Morgan fingerprint density at radius 1 is 1.25 bits per heavy atom. The highest BCUT2D eigenvalue weighted by molar-refractivity contribution is 7.10. The molecular weight excluding hydrogens is 283 g/mol. The van der Waals surface area contributed by atoms with Crippen molar-refractivity contribution in [3.8, 4) is 0 Å². The standard InChI is InChI=1S/C15H16F3NS/c1-3-19-13(14-10(2)7-8-20-14)11-5-4-6-12(9-11)15(16,17)18/h4-9,13,19H,3H2,1-2H3. The fraction of sp³-hybridized carbons (Fsp3) is 0.333. The molecule has 0 aliphatic heterocycles. The molecule has 0 bridgehead atoms. The molecule has 0 saturated heterocycles. The van der Waals surface area contributed by atoms with Gasteiger partial charge in [-0.25, -0.2) is 0 Å². The number of hydrogen-bond donors (Lipinski definition) is 1. The van der Waals surface area contributed by atoms with Crippen molar-refractivity contribution in [1.29, 1.82) is 0 Å². The number of nitrogens with one attached hydrogen (secondary N) is 1. The molecule has 0 aliphatic rings. The Kier molecular flexibility index (Phi) is 4.50. The molecule has 2 aromatic rings. The summed E-state index contributed by atoms with van der Waals surface area (Å²) in [4.78, 5) is 1.06. The van der Waals surface area contributed by atoms with Crippen LogP contribution in [-0.2, 0) is 6.18 Å². The SMILES string of the molecule is CCNC(c1cccc(C(F)(F)F)c1)c1sccc1C. The van der Waals surface area contributed by atoms with E-state index in [0.717, 1.165) is 16.5 Å². The summed E-state index contributed by atoms with van der Waals surface area (Å²) < 4.78 is 38.5. The Morgan fingerprint density at radius 3 is 2.55 bits per heavy atom. The van der Waals surface area contributed by atoms with Crippen molar-refractivity contribution in [3.63, 3.8) is 0 Å². The summed E-state index contributed by atoms with van der Waals surface area (Å²) in [5.74, 6) is 0. The minimum absolute atomic E-state index is 0.192. The zero-order valence-corrected chi connectivity index (χ0v) is 12.1. The van der Waals surface area contributed by atoms with Crippen LogP contribution in [0.1, 0.15) is 34.5 Å². The van der Waals surface area contributed by atoms with Gasteiger partial charge in [-0.15, -0.1) is 11.3 Å². The van der Waals surface area contributed by atoms with Crippen molar-refractivity contribution in [3.05, 3.63) is 57.3 Å². The molecule has 0 fully saturated rings. The molecule has 1 heterocycles. The van der Waals surface area contributed by atoms with Gasteiger partial charge in [0.2, 0.25) is 0 Å². The van der Waals surface area contributed by atoms with E-state index in [4.69, 9.17) is 0 Å². The van der Waals surface area contributed by atoms with Crippen LogP contribution in [0.3, 0.4) is 0 Å². The summed E-state index contributed by atoms with van der Waals surface area (Å²) in [6.45, 7) is 4.62. The lowest BCUT2D eigenvalue weighted by atomic mass is 10.0. The molecule has 1 unspecified atom stereocenters. The highest BCUT2D eigenvalue weighted by atomic mass is 32.1. The van der Waals surface area contributed by atoms with Gasteiger partial charge < -0.3 is 5.32 Å². The average Bonchev–Trinajstić information content (AvgIpc) is 2.81. The van der Waals surface area contributed by atoms with E-state index in [1.165, 1.54) is 12.1 Å². The molecule has 20 heavy (non-hydrogen) atoms. The van der Waals surface area contributed by atoms with Gasteiger partial charge in [-0.05, 0) is 48.2 Å². The van der Waals surface area contributed by atoms with Gasteiger partial charge in [0.25, 0.3) is 0 Å². The van der Waals surface area contributed by atoms with E-state index >= 15 is 0 Å². The van der Waals surface area contributed by atoms with E-state index in [2.05, 4.69) is 5.32 Å². The number of halogens is 3. The third-order valence-corrected chi connectivity index (χ3v) is 4.20. The third-order valence-electron chi connectivity index (χ3n) is 3.12. The van der Waals surface area contributed by atoms with Crippen molar-refractivity contribution in [2.45, 2.75) is 26.1 Å². The first kappa shape index (κ1) is 15.1. The minimum atomic E-state index is -4.31. The highest BCUT2D eigenvalue weighted by Gasteiger charge is 2.31. The topological polar surface area (TPSA) is 12.0 Å². The average molecular weight is 299 g/mol. The van der Waals surface area contributed by atoms with E-state index < -0.39 is 11.7 Å². The van der Waals surface area contributed by atoms with Gasteiger partial charge >= 0.3 is 6.18 Å². The van der Waals surface area contributed by atoms with Gasteiger partial charge in [-0.2, -0.15) is 13.2 Å². The van der Waals surface area contributed by atoms with Crippen LogP contribution in [0.4, 0.5) is 13.2 Å². The number of aryl methyl sites for hydroxylation is 1. The highest BCUT2D eigenvalue weighted by Crippen LogP contribution is 2.34. The fourth-order valence-electron chi connectivity index (χ4n) is 2.14. The predicted octanol–water partition coefficient (Wildman–Crippen LogP) is 4.77. The largest absolute Gasteiger partial charge is 0.416 e. The van der Waals surface area contributed by atoms with Crippen LogP contribution in [0.5, 0.6) is 0 Å². The lowest BCUT2D eigenvalue weighted by Gasteiger charge is -2.19. The molecule has 2 rings (SSSR count). The van der Waals surface area contributed by atoms with E-state index in [1.54, 1.807) is 17.4 Å². The summed E-state index contributed by atoms with van der Waals surface area (Å²) >= 11 is 1.56. The summed E-state index contributed by atoms with van der Waals surface area (Å²) in [6, 6.07) is 7.33. The first-order valence-corrected chi connectivity index (χ1v) is 7.26. The van der Waals surface area contributed by atoms with Gasteiger partial charge in [-0.3, -0.25) is 0 Å². The number of hydrogen-bond acceptors (Lipinski definition) is 2. The number of thiophene rings is 1. The smallest absolute Gasteiger partial charge is 0.306 e. The first-order valence-electron chi connectivity index (χ1n) is 6.38. The first-order chi connectivity index (χ1) is 9.43. The fourth-order valence-corrected chi connectivity index (χ4v) is 3.17. The van der Waals surface area contributed by atoms with Gasteiger partial charge in [0, 0.05) is 4.88 Å². The molecule has 0 radical (unpaired) electrons. The van der Waals surface area contributed by atoms with Crippen LogP contribution in [0, 0.1) is 6.92 Å². The number of alkyl halides is 3. The lowest BCUT2D eigenvalue weighted by Crippen LogP contribution is -2.22. The zero-order chi connectivity index (χ0) is 14.8. The second kappa shape index (κ2) is 5.97. The van der Waals surface area contributed by atoms with Crippen LogP contribution in [0.25, 0.3) is 0 Å². The molecule has 1 aromatic heterocycles. The molecular formula is C15H16F3NS. The molecule has 1 atom stereocenters. The molecule has 1 N–H and O–H groups in total. The van der Waals surface area contributed by atoms with Crippen LogP contribution in [-0.4, -0.2) is 6.54 Å². The predicted molar refractivity (Wildman–Crippen MR) is 76.0 cm³/mol. The molecule has 5 heteroatoms. The maximum Gasteiger partial charge on any atom is 0.416 e. The Balaban J connectivity index is 2.43. The summed E-state index contributed by atoms with van der Waals surface area (Å²) in [6.07, 6.45) is -4.31. The quantitative estimate of drug-likeness (QED) is 0.857. The van der Waals surface area contributed by atoms with Crippen molar-refractivity contribution in [2.24, 2.45) is 0 Å². The lowest BCUT2D eigenvalue weighted by molar-refractivity contribution is -0.137. The van der Waals surface area contributed by atoms with E-state index in [0.29, 0.717) is 12.1 Å². The monoisotopic (exact) mass is 299 g/mol. The van der Waals surface area contributed by atoms with E-state index in [1.807, 2.05) is 25.3 Å². The van der Waals surface area contributed by atoms with Crippen LogP contribution in [0.2, 0.25) is 0 Å². The van der Waals surface area contributed by atoms with Crippen molar-refractivity contribution in [1.82, 2.24) is 5.32 Å². The maximum absolute atomic E-state index is 12.8. The van der Waals surface area contributed by atoms with Gasteiger partial charge in [-0.1, -0.05) is 19.1 Å². The van der Waals surface area contributed by atoms with E-state index in [-0.39, 0.29) is 6.04 Å². The second-order valence-corrected chi connectivity index (χ2v) is 5.53. The molecule has 0 aliphatic carbocycles. The molecule has 108 valence electrons. The molecule has 0 amide bonds. The molecule has 1 nitrogen and oxygen atoms in total. The zero-order valence-electron chi connectivity index (χ0n) is 11.3. The minimum Gasteiger partial charge on any atom is -0.306 e. The van der Waals surface area contributed by atoms with Crippen molar-refractivity contribution in [2.75, 3.05) is 6.54 Å². The Bertz CT molecular complexity index is 574. The summed E-state index contributed by atoms with van der Waals surface area (Å²) in [5, 5.41) is 5.22. The molecule has 0 spiro atoms. The van der Waals surface area contributed by atoms with Gasteiger partial charge in [0.05, 0.1) is 11.6 Å². The second-order valence-electron chi connectivity index (χ2n) is 4.58. The molecule has 1 aromatic carbocycles. The Morgan fingerprint density at radius 2 is 2.00 bits per heavy atom.